The highest BCUT2D eigenvalue weighted by Gasteiger charge is 2.15. The van der Waals surface area contributed by atoms with Gasteiger partial charge in [0.15, 0.2) is 0 Å². The molecule has 0 aromatic heterocycles. The SMILES string of the molecule is C[C@@H]1CN(Cc2ccccc2Cl)CCN1. The molecule has 1 N–H and O–H groups in total. The van der Waals surface area contributed by atoms with E-state index in [1.54, 1.807) is 0 Å². The molecule has 1 saturated heterocycles. The molecular weight excluding hydrogens is 208 g/mol. The van der Waals surface area contributed by atoms with Crippen LogP contribution in [0.2, 0.25) is 5.02 Å². The van der Waals surface area contributed by atoms with Crippen LogP contribution in [-0.2, 0) is 6.54 Å². The van der Waals surface area contributed by atoms with Gasteiger partial charge in [0, 0.05) is 37.2 Å². The molecular formula is C12H17ClN2. The smallest absolute Gasteiger partial charge is 0.0451 e. The number of nitrogens with one attached hydrogen (secondary N) is 1. The second kappa shape index (κ2) is 4.97. The van der Waals surface area contributed by atoms with Crippen molar-refractivity contribution in [2.75, 3.05) is 19.6 Å². The first kappa shape index (κ1) is 10.9. The van der Waals surface area contributed by atoms with Gasteiger partial charge in [-0.15, -0.1) is 0 Å². The third-order valence-electron chi connectivity index (χ3n) is 2.80. The van der Waals surface area contributed by atoms with E-state index in [1.807, 2.05) is 18.2 Å². The summed E-state index contributed by atoms with van der Waals surface area (Å²) < 4.78 is 0. The van der Waals surface area contributed by atoms with Gasteiger partial charge in [-0.05, 0) is 18.6 Å². The number of piperazine rings is 1. The van der Waals surface area contributed by atoms with Gasteiger partial charge in [-0.3, -0.25) is 4.90 Å². The fourth-order valence-corrected chi connectivity index (χ4v) is 2.22. The van der Waals surface area contributed by atoms with Crippen LogP contribution in [0.15, 0.2) is 24.3 Å². The third-order valence-corrected chi connectivity index (χ3v) is 3.17. The lowest BCUT2D eigenvalue weighted by Crippen LogP contribution is -2.48. The highest BCUT2D eigenvalue weighted by atomic mass is 35.5. The molecule has 0 radical (unpaired) electrons. The minimum absolute atomic E-state index is 0.584. The molecule has 0 aliphatic carbocycles. The Morgan fingerprint density at radius 3 is 3.00 bits per heavy atom. The van der Waals surface area contributed by atoms with E-state index < -0.39 is 0 Å². The van der Waals surface area contributed by atoms with E-state index in [0.717, 1.165) is 31.2 Å². The van der Waals surface area contributed by atoms with Gasteiger partial charge in [0.25, 0.3) is 0 Å². The summed E-state index contributed by atoms with van der Waals surface area (Å²) in [6, 6.07) is 8.68. The van der Waals surface area contributed by atoms with E-state index in [1.165, 1.54) is 5.56 Å². The van der Waals surface area contributed by atoms with E-state index in [9.17, 15) is 0 Å². The molecule has 2 rings (SSSR count). The Kier molecular flexibility index (Phi) is 3.62. The number of benzene rings is 1. The van der Waals surface area contributed by atoms with Gasteiger partial charge in [-0.2, -0.15) is 0 Å². The van der Waals surface area contributed by atoms with E-state index in [2.05, 4.69) is 23.2 Å². The summed E-state index contributed by atoms with van der Waals surface area (Å²) in [4.78, 5) is 2.45. The summed E-state index contributed by atoms with van der Waals surface area (Å²) in [5.74, 6) is 0. The maximum atomic E-state index is 6.14. The van der Waals surface area contributed by atoms with Crippen LogP contribution < -0.4 is 5.32 Å². The summed E-state index contributed by atoms with van der Waals surface area (Å²) >= 11 is 6.14. The number of halogens is 1. The van der Waals surface area contributed by atoms with Crippen molar-refractivity contribution in [3.8, 4) is 0 Å². The molecule has 82 valence electrons. The van der Waals surface area contributed by atoms with Gasteiger partial charge in [0.1, 0.15) is 0 Å². The molecule has 0 bridgehead atoms. The predicted octanol–water partition coefficient (Wildman–Crippen LogP) is 2.13. The van der Waals surface area contributed by atoms with Crippen LogP contribution in [0, 0.1) is 0 Å². The second-order valence-corrected chi connectivity index (χ2v) is 4.59. The molecule has 1 aromatic carbocycles. The molecule has 0 saturated carbocycles. The lowest BCUT2D eigenvalue weighted by molar-refractivity contribution is 0.199. The highest BCUT2D eigenvalue weighted by molar-refractivity contribution is 6.31. The minimum Gasteiger partial charge on any atom is -0.312 e. The molecule has 1 atom stereocenters. The van der Waals surface area contributed by atoms with Crippen molar-refractivity contribution in [1.29, 1.82) is 0 Å². The van der Waals surface area contributed by atoms with Crippen LogP contribution in [0.1, 0.15) is 12.5 Å². The number of rotatable bonds is 2. The number of hydrogen-bond donors (Lipinski definition) is 1. The molecule has 1 aliphatic rings. The second-order valence-electron chi connectivity index (χ2n) is 4.18. The number of hydrogen-bond acceptors (Lipinski definition) is 2. The summed E-state index contributed by atoms with van der Waals surface area (Å²) in [6.07, 6.45) is 0. The molecule has 0 spiro atoms. The predicted molar refractivity (Wildman–Crippen MR) is 64.2 cm³/mol. The lowest BCUT2D eigenvalue weighted by atomic mass is 10.1. The average molecular weight is 225 g/mol. The average Bonchev–Trinajstić information content (AvgIpc) is 2.22. The Morgan fingerprint density at radius 1 is 1.47 bits per heavy atom. The molecule has 1 heterocycles. The van der Waals surface area contributed by atoms with Gasteiger partial charge >= 0.3 is 0 Å². The van der Waals surface area contributed by atoms with Gasteiger partial charge in [0.2, 0.25) is 0 Å². The van der Waals surface area contributed by atoms with Gasteiger partial charge in [0.05, 0.1) is 0 Å². The molecule has 1 aliphatic heterocycles. The molecule has 3 heteroatoms. The van der Waals surface area contributed by atoms with Gasteiger partial charge in [-0.1, -0.05) is 29.8 Å². The van der Waals surface area contributed by atoms with Crippen molar-refractivity contribution in [1.82, 2.24) is 10.2 Å². The first-order valence-electron chi connectivity index (χ1n) is 5.45. The largest absolute Gasteiger partial charge is 0.312 e. The van der Waals surface area contributed by atoms with E-state index in [4.69, 9.17) is 11.6 Å². The summed E-state index contributed by atoms with van der Waals surface area (Å²) in [5.41, 5.74) is 1.23. The Morgan fingerprint density at radius 2 is 2.27 bits per heavy atom. The van der Waals surface area contributed by atoms with Crippen molar-refractivity contribution in [2.24, 2.45) is 0 Å². The zero-order valence-electron chi connectivity index (χ0n) is 9.04. The van der Waals surface area contributed by atoms with Crippen LogP contribution in [0.3, 0.4) is 0 Å². The third kappa shape index (κ3) is 2.94. The molecule has 0 unspecified atom stereocenters. The van der Waals surface area contributed by atoms with Crippen LogP contribution in [0.5, 0.6) is 0 Å². The first-order valence-corrected chi connectivity index (χ1v) is 5.82. The van der Waals surface area contributed by atoms with Crippen molar-refractivity contribution in [3.63, 3.8) is 0 Å². The topological polar surface area (TPSA) is 15.3 Å². The van der Waals surface area contributed by atoms with E-state index >= 15 is 0 Å². The monoisotopic (exact) mass is 224 g/mol. The van der Waals surface area contributed by atoms with Gasteiger partial charge in [-0.25, -0.2) is 0 Å². The standard InChI is InChI=1S/C12H17ClN2/c1-10-8-15(7-6-14-10)9-11-4-2-3-5-12(11)13/h2-5,10,14H,6-9H2,1H3/t10-/m1/s1. The van der Waals surface area contributed by atoms with Crippen molar-refractivity contribution in [3.05, 3.63) is 34.9 Å². The quantitative estimate of drug-likeness (QED) is 0.828. The minimum atomic E-state index is 0.584. The fourth-order valence-electron chi connectivity index (χ4n) is 2.02. The molecule has 2 nitrogen and oxygen atoms in total. The van der Waals surface area contributed by atoms with Crippen LogP contribution in [0.25, 0.3) is 0 Å². The Labute approximate surface area is 96.2 Å². The first-order chi connectivity index (χ1) is 7.25. The van der Waals surface area contributed by atoms with E-state index in [0.29, 0.717) is 6.04 Å². The zero-order chi connectivity index (χ0) is 10.7. The Balaban J connectivity index is 1.99. The molecule has 1 fully saturated rings. The van der Waals surface area contributed by atoms with Crippen molar-refractivity contribution in [2.45, 2.75) is 19.5 Å². The summed E-state index contributed by atoms with van der Waals surface area (Å²) in [5, 5.41) is 4.32. The van der Waals surface area contributed by atoms with Crippen LogP contribution in [0.4, 0.5) is 0 Å². The van der Waals surface area contributed by atoms with Crippen LogP contribution >= 0.6 is 11.6 Å². The molecule has 1 aromatic rings. The maximum absolute atomic E-state index is 6.14. The molecule has 15 heavy (non-hydrogen) atoms. The highest BCUT2D eigenvalue weighted by Crippen LogP contribution is 2.17. The fraction of sp³-hybridized carbons (Fsp3) is 0.500. The molecule has 0 amide bonds. The van der Waals surface area contributed by atoms with Crippen molar-refractivity contribution >= 4 is 11.6 Å². The summed E-state index contributed by atoms with van der Waals surface area (Å²) in [7, 11) is 0. The van der Waals surface area contributed by atoms with Crippen molar-refractivity contribution < 1.29 is 0 Å². The maximum Gasteiger partial charge on any atom is 0.0451 e. The number of nitrogens with zero attached hydrogens (tertiary/aromatic N) is 1. The van der Waals surface area contributed by atoms with E-state index in [-0.39, 0.29) is 0 Å². The van der Waals surface area contributed by atoms with Gasteiger partial charge < -0.3 is 5.32 Å². The Bertz CT molecular complexity index is 327. The normalized spacial score (nSPS) is 22.9. The van der Waals surface area contributed by atoms with Crippen LogP contribution in [-0.4, -0.2) is 30.6 Å². The summed E-state index contributed by atoms with van der Waals surface area (Å²) in [6.45, 7) is 6.47. The zero-order valence-corrected chi connectivity index (χ0v) is 9.80. The lowest BCUT2D eigenvalue weighted by Gasteiger charge is -2.31. The Hall–Kier alpha value is -0.570.